The molecule has 3 aromatic rings. The van der Waals surface area contributed by atoms with Crippen LogP contribution in [0, 0.1) is 13.8 Å². The van der Waals surface area contributed by atoms with Crippen molar-refractivity contribution < 1.29 is 9.21 Å². The molecule has 1 aromatic heterocycles. The summed E-state index contributed by atoms with van der Waals surface area (Å²) in [6.45, 7) is 10.3. The molecule has 5 nitrogen and oxygen atoms in total. The third-order valence-corrected chi connectivity index (χ3v) is 5.63. The van der Waals surface area contributed by atoms with Gasteiger partial charge in [-0.1, -0.05) is 54.1 Å². The predicted molar refractivity (Wildman–Crippen MR) is 119 cm³/mol. The number of hydrogen-bond acceptors (Lipinski definition) is 4. The number of aromatic nitrogens is 1. The van der Waals surface area contributed by atoms with Crippen molar-refractivity contribution in [1.82, 2.24) is 14.8 Å². The van der Waals surface area contributed by atoms with E-state index < -0.39 is 0 Å². The van der Waals surface area contributed by atoms with E-state index >= 15 is 0 Å². The summed E-state index contributed by atoms with van der Waals surface area (Å²) in [5.41, 5.74) is 5.39. The lowest BCUT2D eigenvalue weighted by molar-refractivity contribution is 0.0796. The van der Waals surface area contributed by atoms with E-state index in [2.05, 4.69) is 73.1 Å². The zero-order valence-corrected chi connectivity index (χ0v) is 18.6. The summed E-state index contributed by atoms with van der Waals surface area (Å²) < 4.78 is 5.68. The van der Waals surface area contributed by atoms with Crippen LogP contribution in [0.3, 0.4) is 0 Å². The first kappa shape index (κ1) is 21.8. The maximum absolute atomic E-state index is 12.4. The summed E-state index contributed by atoms with van der Waals surface area (Å²) in [7, 11) is 1.76. The average Bonchev–Trinajstić information content (AvgIpc) is 3.22. The summed E-state index contributed by atoms with van der Waals surface area (Å²) in [6, 6.07) is 17.1. The highest BCUT2D eigenvalue weighted by Gasteiger charge is 2.21. The van der Waals surface area contributed by atoms with Gasteiger partial charge in [0.05, 0.1) is 6.54 Å². The van der Waals surface area contributed by atoms with Gasteiger partial charge in [-0.2, -0.15) is 0 Å². The third-order valence-electron chi connectivity index (χ3n) is 5.63. The van der Waals surface area contributed by atoms with E-state index in [0.717, 1.165) is 6.54 Å². The van der Waals surface area contributed by atoms with Gasteiger partial charge in [-0.3, -0.25) is 9.69 Å². The second kappa shape index (κ2) is 9.72. The first-order valence-electron chi connectivity index (χ1n) is 10.4. The summed E-state index contributed by atoms with van der Waals surface area (Å²) in [5.74, 6) is 0.430. The van der Waals surface area contributed by atoms with Crippen molar-refractivity contribution in [3.63, 3.8) is 0 Å². The minimum absolute atomic E-state index is 0.121. The Morgan fingerprint density at radius 2 is 1.83 bits per heavy atom. The molecule has 0 saturated heterocycles. The first-order chi connectivity index (χ1) is 14.4. The lowest BCUT2D eigenvalue weighted by Crippen LogP contribution is -2.28. The smallest absolute Gasteiger partial charge is 0.275 e. The van der Waals surface area contributed by atoms with E-state index in [0.29, 0.717) is 24.7 Å². The van der Waals surface area contributed by atoms with Crippen LogP contribution in [0.5, 0.6) is 0 Å². The number of rotatable bonds is 8. The Hall–Kier alpha value is -2.92. The Kier molecular flexibility index (Phi) is 7.06. The van der Waals surface area contributed by atoms with Crippen molar-refractivity contribution in [3.8, 4) is 0 Å². The Labute approximate surface area is 179 Å². The highest BCUT2D eigenvalue weighted by Crippen LogP contribution is 2.26. The summed E-state index contributed by atoms with van der Waals surface area (Å²) in [6.07, 6.45) is 1.46. The first-order valence-corrected chi connectivity index (χ1v) is 10.4. The van der Waals surface area contributed by atoms with Gasteiger partial charge >= 0.3 is 0 Å². The molecule has 0 aliphatic heterocycles. The molecule has 0 radical (unpaired) electrons. The van der Waals surface area contributed by atoms with Crippen LogP contribution in [0.4, 0.5) is 0 Å². The number of carbonyl (C=O) groups is 1. The van der Waals surface area contributed by atoms with Gasteiger partial charge < -0.3 is 9.32 Å². The van der Waals surface area contributed by atoms with Crippen LogP contribution in [0.15, 0.2) is 59.2 Å². The molecular formula is C25H31N3O2. The fraction of sp³-hybridized carbons (Fsp3) is 0.360. The van der Waals surface area contributed by atoms with Crippen molar-refractivity contribution in [1.29, 1.82) is 0 Å². The SMILES string of the molecule is CCN(C)C(=O)c1coc(CN(Cc2ccc(C)cc2C)C(C)c2ccccc2)n1. The molecule has 30 heavy (non-hydrogen) atoms. The van der Waals surface area contributed by atoms with Gasteiger partial charge in [0, 0.05) is 26.2 Å². The van der Waals surface area contributed by atoms with Crippen LogP contribution >= 0.6 is 0 Å². The Morgan fingerprint density at radius 1 is 1.10 bits per heavy atom. The molecule has 5 heteroatoms. The van der Waals surface area contributed by atoms with Crippen LogP contribution < -0.4 is 0 Å². The highest BCUT2D eigenvalue weighted by molar-refractivity contribution is 5.91. The summed E-state index contributed by atoms with van der Waals surface area (Å²) >= 11 is 0. The summed E-state index contributed by atoms with van der Waals surface area (Å²) in [5, 5.41) is 0. The lowest BCUT2D eigenvalue weighted by atomic mass is 10.0. The molecule has 0 bridgehead atoms. The Bertz CT molecular complexity index is 981. The molecule has 0 aliphatic rings. The van der Waals surface area contributed by atoms with Crippen LogP contribution in [0.25, 0.3) is 0 Å². The van der Waals surface area contributed by atoms with E-state index in [1.165, 1.54) is 28.5 Å². The Balaban J connectivity index is 1.86. The van der Waals surface area contributed by atoms with Gasteiger partial charge in [0.2, 0.25) is 5.89 Å². The molecule has 0 aliphatic carbocycles. The molecule has 1 atom stereocenters. The van der Waals surface area contributed by atoms with Gasteiger partial charge in [-0.25, -0.2) is 4.98 Å². The Morgan fingerprint density at radius 3 is 2.50 bits per heavy atom. The van der Waals surface area contributed by atoms with E-state index in [1.54, 1.807) is 11.9 Å². The number of aryl methyl sites for hydroxylation is 2. The normalized spacial score (nSPS) is 12.2. The molecule has 2 aromatic carbocycles. The predicted octanol–water partition coefficient (Wildman–Crippen LogP) is 5.15. The zero-order chi connectivity index (χ0) is 21.7. The molecule has 0 saturated carbocycles. The molecule has 0 fully saturated rings. The number of carbonyl (C=O) groups excluding carboxylic acids is 1. The van der Waals surface area contributed by atoms with Gasteiger partial charge in [0.1, 0.15) is 6.26 Å². The largest absolute Gasteiger partial charge is 0.447 e. The van der Waals surface area contributed by atoms with Crippen molar-refractivity contribution in [2.45, 2.75) is 46.8 Å². The number of hydrogen-bond donors (Lipinski definition) is 0. The second-order valence-corrected chi connectivity index (χ2v) is 7.87. The van der Waals surface area contributed by atoms with Crippen molar-refractivity contribution >= 4 is 5.91 Å². The van der Waals surface area contributed by atoms with Crippen molar-refractivity contribution in [3.05, 3.63) is 88.6 Å². The standard InChI is InChI=1S/C25H31N3O2/c1-6-27(5)25(29)23-17-30-24(26-23)16-28(20(4)21-10-8-7-9-11-21)15-22-13-12-18(2)14-19(22)3/h7-14,17,20H,6,15-16H2,1-5H3. The molecule has 158 valence electrons. The quantitative estimate of drug-likeness (QED) is 0.520. The van der Waals surface area contributed by atoms with Gasteiger partial charge in [-0.05, 0) is 44.4 Å². The van der Waals surface area contributed by atoms with E-state index in [4.69, 9.17) is 4.42 Å². The fourth-order valence-electron chi connectivity index (χ4n) is 3.51. The van der Waals surface area contributed by atoms with Gasteiger partial charge in [0.25, 0.3) is 5.91 Å². The molecule has 3 rings (SSSR count). The highest BCUT2D eigenvalue weighted by atomic mass is 16.3. The maximum atomic E-state index is 12.4. The van der Waals surface area contributed by atoms with Crippen molar-refractivity contribution in [2.75, 3.05) is 13.6 Å². The monoisotopic (exact) mass is 405 g/mol. The lowest BCUT2D eigenvalue weighted by Gasteiger charge is -2.29. The van der Waals surface area contributed by atoms with E-state index in [9.17, 15) is 4.79 Å². The van der Waals surface area contributed by atoms with E-state index in [1.807, 2.05) is 13.0 Å². The maximum Gasteiger partial charge on any atom is 0.275 e. The number of benzene rings is 2. The molecule has 0 spiro atoms. The van der Waals surface area contributed by atoms with Crippen LogP contribution in [-0.2, 0) is 13.1 Å². The van der Waals surface area contributed by atoms with Crippen LogP contribution in [0.1, 0.15) is 58.5 Å². The van der Waals surface area contributed by atoms with Gasteiger partial charge in [0.15, 0.2) is 5.69 Å². The van der Waals surface area contributed by atoms with Crippen LogP contribution in [-0.4, -0.2) is 34.3 Å². The minimum atomic E-state index is -0.121. The molecule has 1 unspecified atom stereocenters. The minimum Gasteiger partial charge on any atom is -0.447 e. The molecule has 1 heterocycles. The zero-order valence-electron chi connectivity index (χ0n) is 18.6. The molecule has 1 amide bonds. The fourth-order valence-corrected chi connectivity index (χ4v) is 3.51. The van der Waals surface area contributed by atoms with Crippen LogP contribution in [0.2, 0.25) is 0 Å². The molecular weight excluding hydrogens is 374 g/mol. The number of amides is 1. The second-order valence-electron chi connectivity index (χ2n) is 7.87. The molecule has 0 N–H and O–H groups in total. The van der Waals surface area contributed by atoms with Crippen molar-refractivity contribution in [2.24, 2.45) is 0 Å². The third kappa shape index (κ3) is 5.16. The number of oxazole rings is 1. The number of nitrogens with zero attached hydrogens (tertiary/aromatic N) is 3. The average molecular weight is 406 g/mol. The topological polar surface area (TPSA) is 49.6 Å². The summed E-state index contributed by atoms with van der Waals surface area (Å²) in [4.78, 5) is 20.8. The van der Waals surface area contributed by atoms with Gasteiger partial charge in [-0.15, -0.1) is 0 Å². The van der Waals surface area contributed by atoms with E-state index in [-0.39, 0.29) is 11.9 Å².